The van der Waals surface area contributed by atoms with E-state index < -0.39 is 0 Å². The van der Waals surface area contributed by atoms with Crippen molar-refractivity contribution in [1.82, 2.24) is 14.3 Å². The van der Waals surface area contributed by atoms with E-state index in [-0.39, 0.29) is 19.5 Å². The molecule has 0 saturated heterocycles. The summed E-state index contributed by atoms with van der Waals surface area (Å²) in [6.07, 6.45) is 6.95. The minimum absolute atomic E-state index is 0. The van der Waals surface area contributed by atoms with Crippen LogP contribution in [0.4, 0.5) is 0 Å². The Labute approximate surface area is 244 Å². The van der Waals surface area contributed by atoms with Crippen molar-refractivity contribution >= 4 is 0 Å². The van der Waals surface area contributed by atoms with Crippen molar-refractivity contribution < 1.29 is 19.5 Å². The Morgan fingerprint density at radius 2 is 1.41 bits per heavy atom. The molecular formula is C35H30N3Rh. The van der Waals surface area contributed by atoms with E-state index in [1.54, 1.807) is 6.20 Å². The standard InChI is InChI=1S/C23H19N2.C12H11N.Rh/c1-17-15-21(19-7-4-3-5-8-19)16-18(2)23(17)20-9-11-22(12-10-20)25-14-6-13-24-25;1-10-8-11(2)13(9-10)12-6-4-3-5-7-12;/h3-11,13-16H,1-2H3;3-6,8H,1-2H3;/q-1;-2;+3. The largest absolute Gasteiger partial charge is 3.00 e. The molecule has 0 spiro atoms. The molecule has 2 aromatic heterocycles. The van der Waals surface area contributed by atoms with Gasteiger partial charge in [0.05, 0.1) is 0 Å². The maximum Gasteiger partial charge on any atom is 3.00 e. The van der Waals surface area contributed by atoms with Crippen molar-refractivity contribution in [3.05, 3.63) is 150 Å². The van der Waals surface area contributed by atoms with E-state index >= 15 is 0 Å². The Morgan fingerprint density at radius 1 is 0.667 bits per heavy atom. The molecule has 6 aromatic rings. The Morgan fingerprint density at radius 3 is 1.97 bits per heavy atom. The first-order valence-corrected chi connectivity index (χ1v) is 12.7. The summed E-state index contributed by atoms with van der Waals surface area (Å²) in [6.45, 7) is 8.48. The van der Waals surface area contributed by atoms with Crippen LogP contribution in [0.3, 0.4) is 0 Å². The van der Waals surface area contributed by atoms with Crippen LogP contribution in [0, 0.1) is 46.0 Å². The predicted molar refractivity (Wildman–Crippen MR) is 156 cm³/mol. The van der Waals surface area contributed by atoms with Gasteiger partial charge in [-0.25, -0.2) is 6.07 Å². The molecule has 0 aliphatic carbocycles. The predicted octanol–water partition coefficient (Wildman–Crippen LogP) is 8.32. The number of aryl methyl sites for hydroxylation is 4. The summed E-state index contributed by atoms with van der Waals surface area (Å²) in [6, 6.07) is 39.8. The van der Waals surface area contributed by atoms with E-state index in [9.17, 15) is 0 Å². The molecule has 0 saturated carbocycles. The van der Waals surface area contributed by atoms with Gasteiger partial charge in [-0.1, -0.05) is 79.2 Å². The van der Waals surface area contributed by atoms with Crippen molar-refractivity contribution in [2.24, 2.45) is 0 Å². The Kier molecular flexibility index (Phi) is 9.12. The number of nitrogens with zero attached hydrogens (tertiary/aromatic N) is 3. The molecule has 0 aliphatic rings. The number of para-hydroxylation sites is 1. The zero-order valence-electron chi connectivity index (χ0n) is 22.6. The fourth-order valence-corrected chi connectivity index (χ4v) is 4.79. The number of hydrogen-bond donors (Lipinski definition) is 0. The molecule has 2 heterocycles. The third-order valence-electron chi connectivity index (χ3n) is 6.48. The van der Waals surface area contributed by atoms with E-state index in [4.69, 9.17) is 0 Å². The number of rotatable bonds is 4. The van der Waals surface area contributed by atoms with Crippen LogP contribution in [0.2, 0.25) is 0 Å². The quantitative estimate of drug-likeness (QED) is 0.149. The number of benzene rings is 4. The maximum atomic E-state index is 4.25. The fourth-order valence-electron chi connectivity index (χ4n) is 4.79. The van der Waals surface area contributed by atoms with Crippen molar-refractivity contribution in [2.75, 3.05) is 0 Å². The van der Waals surface area contributed by atoms with Crippen LogP contribution in [0.5, 0.6) is 0 Å². The first-order valence-electron chi connectivity index (χ1n) is 12.7. The molecule has 0 N–H and O–H groups in total. The van der Waals surface area contributed by atoms with Gasteiger partial charge >= 0.3 is 19.5 Å². The van der Waals surface area contributed by atoms with E-state index in [1.165, 1.54) is 39.1 Å². The first kappa shape index (κ1) is 28.0. The fraction of sp³-hybridized carbons (Fsp3) is 0.114. The van der Waals surface area contributed by atoms with E-state index in [1.807, 2.05) is 52.7 Å². The van der Waals surface area contributed by atoms with Crippen LogP contribution in [0.15, 0.2) is 109 Å². The van der Waals surface area contributed by atoms with Crippen molar-refractivity contribution in [3.8, 4) is 33.6 Å². The van der Waals surface area contributed by atoms with Crippen LogP contribution < -0.4 is 0 Å². The Bertz CT molecular complexity index is 1590. The molecule has 4 aromatic carbocycles. The molecule has 0 aliphatic heterocycles. The second kappa shape index (κ2) is 12.7. The zero-order chi connectivity index (χ0) is 26.5. The summed E-state index contributed by atoms with van der Waals surface area (Å²) in [5.41, 5.74) is 11.9. The molecule has 39 heavy (non-hydrogen) atoms. The van der Waals surface area contributed by atoms with Crippen molar-refractivity contribution in [2.45, 2.75) is 27.7 Å². The Balaban J connectivity index is 0.000000213. The third-order valence-corrected chi connectivity index (χ3v) is 6.48. The monoisotopic (exact) mass is 595 g/mol. The minimum Gasteiger partial charge on any atom is -0.469 e. The smallest absolute Gasteiger partial charge is 0.469 e. The SMILES string of the molecule is Cc1[c-]n(-c2[c-]cccc2)c(C)c1.Cc1cc(-c2ccccc2)cc(C)c1-c1c[c-]c(-n2cccn2)cc1.[Rh+3]. The third kappa shape index (κ3) is 6.53. The zero-order valence-corrected chi connectivity index (χ0v) is 24.2. The average molecular weight is 596 g/mol. The second-order valence-electron chi connectivity index (χ2n) is 9.43. The molecular weight excluding hydrogens is 565 g/mol. The molecule has 0 fully saturated rings. The summed E-state index contributed by atoms with van der Waals surface area (Å²) in [5, 5.41) is 4.25. The van der Waals surface area contributed by atoms with Gasteiger partial charge in [-0.3, -0.25) is 4.68 Å². The molecule has 0 atom stereocenters. The molecule has 4 heteroatoms. The van der Waals surface area contributed by atoms with Gasteiger partial charge in [0.1, 0.15) is 0 Å². The molecule has 0 unspecified atom stereocenters. The summed E-state index contributed by atoms with van der Waals surface area (Å²) in [4.78, 5) is 0. The summed E-state index contributed by atoms with van der Waals surface area (Å²) >= 11 is 0. The van der Waals surface area contributed by atoms with Gasteiger partial charge in [-0.2, -0.15) is 59.3 Å². The summed E-state index contributed by atoms with van der Waals surface area (Å²) < 4.78 is 3.84. The second-order valence-corrected chi connectivity index (χ2v) is 9.43. The van der Waals surface area contributed by atoms with Gasteiger partial charge in [0, 0.05) is 12.4 Å². The maximum absolute atomic E-state index is 4.25. The first-order chi connectivity index (χ1) is 18.5. The molecule has 194 valence electrons. The van der Waals surface area contributed by atoms with Crippen molar-refractivity contribution in [3.63, 3.8) is 0 Å². The molecule has 3 nitrogen and oxygen atoms in total. The van der Waals surface area contributed by atoms with E-state index in [0.717, 1.165) is 16.9 Å². The van der Waals surface area contributed by atoms with E-state index in [2.05, 4.69) is 111 Å². The molecule has 0 amide bonds. The van der Waals surface area contributed by atoms with Crippen LogP contribution in [-0.4, -0.2) is 14.3 Å². The van der Waals surface area contributed by atoms with Crippen molar-refractivity contribution in [1.29, 1.82) is 0 Å². The molecule has 0 bridgehead atoms. The minimum atomic E-state index is 0. The normalized spacial score (nSPS) is 10.4. The average Bonchev–Trinajstić information content (AvgIpc) is 3.60. The van der Waals surface area contributed by atoms with Crippen LogP contribution in [0.25, 0.3) is 33.6 Å². The van der Waals surface area contributed by atoms with E-state index in [0.29, 0.717) is 0 Å². The molecule has 6 rings (SSSR count). The van der Waals surface area contributed by atoms with Gasteiger partial charge in [0.25, 0.3) is 0 Å². The Hall–Kier alpha value is -4.01. The van der Waals surface area contributed by atoms with Gasteiger partial charge in [0.15, 0.2) is 0 Å². The summed E-state index contributed by atoms with van der Waals surface area (Å²) in [7, 11) is 0. The number of hydrogen-bond acceptors (Lipinski definition) is 1. The number of aromatic nitrogens is 3. The van der Waals surface area contributed by atoms with Crippen LogP contribution >= 0.6 is 0 Å². The summed E-state index contributed by atoms with van der Waals surface area (Å²) in [5.74, 6) is 0. The van der Waals surface area contributed by atoms with Crippen LogP contribution in [-0.2, 0) is 19.5 Å². The van der Waals surface area contributed by atoms with Gasteiger partial charge < -0.3 is 4.57 Å². The topological polar surface area (TPSA) is 22.8 Å². The van der Waals surface area contributed by atoms with Gasteiger partial charge in [-0.15, -0.1) is 22.9 Å². The van der Waals surface area contributed by atoms with Gasteiger partial charge in [0.2, 0.25) is 0 Å². The molecule has 0 radical (unpaired) electrons. The van der Waals surface area contributed by atoms with Gasteiger partial charge in [-0.05, 0) is 36.7 Å². The van der Waals surface area contributed by atoms with Crippen LogP contribution in [0.1, 0.15) is 22.4 Å².